The minimum Gasteiger partial charge on any atom is -0.454 e. The van der Waals surface area contributed by atoms with E-state index in [9.17, 15) is 19.2 Å². The van der Waals surface area contributed by atoms with E-state index in [-0.39, 0.29) is 30.8 Å². The average Bonchev–Trinajstić information content (AvgIpc) is 2.70. The molecule has 1 heterocycles. The maximum absolute atomic E-state index is 12.4. The highest BCUT2D eigenvalue weighted by molar-refractivity contribution is 6.10. The normalized spacial score (nSPS) is 16.9. The van der Waals surface area contributed by atoms with Gasteiger partial charge in [0.25, 0.3) is 5.91 Å². The molecule has 0 saturated heterocycles. The van der Waals surface area contributed by atoms with Gasteiger partial charge in [0.2, 0.25) is 11.8 Å². The summed E-state index contributed by atoms with van der Waals surface area (Å²) in [6.45, 7) is -0.884. The Labute approximate surface area is 157 Å². The van der Waals surface area contributed by atoms with Crippen LogP contribution in [0.3, 0.4) is 0 Å². The molecule has 2 N–H and O–H groups in total. The van der Waals surface area contributed by atoms with Crippen molar-refractivity contribution in [3.8, 4) is 0 Å². The van der Waals surface area contributed by atoms with E-state index in [1.807, 2.05) is 0 Å². The molecule has 1 aliphatic heterocycles. The van der Waals surface area contributed by atoms with Gasteiger partial charge in [-0.1, -0.05) is 31.4 Å². The van der Waals surface area contributed by atoms with Crippen molar-refractivity contribution in [1.82, 2.24) is 5.32 Å². The van der Waals surface area contributed by atoms with Gasteiger partial charge in [-0.05, 0) is 25.0 Å². The molecule has 1 saturated carbocycles. The third-order valence-corrected chi connectivity index (χ3v) is 4.81. The fourth-order valence-corrected chi connectivity index (χ4v) is 3.40. The van der Waals surface area contributed by atoms with Gasteiger partial charge in [-0.3, -0.25) is 24.1 Å². The Hall–Kier alpha value is -2.90. The van der Waals surface area contributed by atoms with Crippen LogP contribution in [-0.4, -0.2) is 43.4 Å². The number of anilines is 2. The molecular formula is C19H23N3O5. The van der Waals surface area contributed by atoms with Crippen LogP contribution in [0.1, 0.15) is 32.1 Å². The van der Waals surface area contributed by atoms with Gasteiger partial charge in [-0.15, -0.1) is 0 Å². The Morgan fingerprint density at radius 2 is 1.89 bits per heavy atom. The molecule has 0 bridgehead atoms. The van der Waals surface area contributed by atoms with Crippen molar-refractivity contribution in [3.05, 3.63) is 24.3 Å². The molecule has 3 rings (SSSR count). The second-order valence-corrected chi connectivity index (χ2v) is 6.76. The highest BCUT2D eigenvalue weighted by Gasteiger charge is 2.27. The fourth-order valence-electron chi connectivity index (χ4n) is 3.40. The minimum absolute atomic E-state index is 0.0449. The Morgan fingerprint density at radius 3 is 2.67 bits per heavy atom. The molecule has 0 aromatic heterocycles. The van der Waals surface area contributed by atoms with Crippen molar-refractivity contribution in [2.24, 2.45) is 5.92 Å². The van der Waals surface area contributed by atoms with Crippen LogP contribution in [0.25, 0.3) is 0 Å². The van der Waals surface area contributed by atoms with E-state index < -0.39 is 18.5 Å². The number of amides is 3. The molecule has 144 valence electrons. The molecule has 1 fully saturated rings. The standard InChI is InChI=1S/C19H23N3O5/c23-16-11-22(15-9-5-4-8-14(15)21-16)17(24)12-27-18(25)10-20-19(26)13-6-2-1-3-7-13/h4-5,8-9,13H,1-3,6-7,10-12H2,(H,20,26)(H,21,23). The first-order valence-electron chi connectivity index (χ1n) is 9.17. The fraction of sp³-hybridized carbons (Fsp3) is 0.474. The minimum atomic E-state index is -0.678. The predicted molar refractivity (Wildman–Crippen MR) is 98.0 cm³/mol. The molecule has 0 unspecified atom stereocenters. The number of carbonyl (C=O) groups excluding carboxylic acids is 4. The molecule has 0 spiro atoms. The van der Waals surface area contributed by atoms with E-state index in [0.717, 1.165) is 32.1 Å². The van der Waals surface area contributed by atoms with E-state index in [2.05, 4.69) is 10.6 Å². The summed E-state index contributed by atoms with van der Waals surface area (Å²) in [5.74, 6) is -1.67. The Kier molecular flexibility index (Phi) is 6.05. The summed E-state index contributed by atoms with van der Waals surface area (Å²) in [7, 11) is 0. The van der Waals surface area contributed by atoms with E-state index >= 15 is 0 Å². The zero-order chi connectivity index (χ0) is 19.2. The van der Waals surface area contributed by atoms with Crippen LogP contribution in [0.15, 0.2) is 24.3 Å². The van der Waals surface area contributed by atoms with Gasteiger partial charge >= 0.3 is 5.97 Å². The maximum atomic E-state index is 12.4. The Bertz CT molecular complexity index is 743. The number of hydrogen-bond donors (Lipinski definition) is 2. The second kappa shape index (κ2) is 8.66. The van der Waals surface area contributed by atoms with Crippen molar-refractivity contribution in [3.63, 3.8) is 0 Å². The number of ether oxygens (including phenoxy) is 1. The third-order valence-electron chi connectivity index (χ3n) is 4.81. The summed E-state index contributed by atoms with van der Waals surface area (Å²) >= 11 is 0. The van der Waals surface area contributed by atoms with Crippen molar-refractivity contribution in [2.75, 3.05) is 29.9 Å². The van der Waals surface area contributed by atoms with Gasteiger partial charge in [0.05, 0.1) is 11.4 Å². The van der Waals surface area contributed by atoms with E-state index in [4.69, 9.17) is 4.74 Å². The van der Waals surface area contributed by atoms with Crippen LogP contribution in [-0.2, 0) is 23.9 Å². The van der Waals surface area contributed by atoms with Crippen molar-refractivity contribution in [2.45, 2.75) is 32.1 Å². The molecule has 0 atom stereocenters. The monoisotopic (exact) mass is 373 g/mol. The number of para-hydroxylation sites is 2. The van der Waals surface area contributed by atoms with E-state index in [0.29, 0.717) is 11.4 Å². The quantitative estimate of drug-likeness (QED) is 0.755. The summed E-state index contributed by atoms with van der Waals surface area (Å²) in [6.07, 6.45) is 4.89. The van der Waals surface area contributed by atoms with Crippen LogP contribution in [0, 0.1) is 5.92 Å². The van der Waals surface area contributed by atoms with Gasteiger partial charge in [0, 0.05) is 5.92 Å². The number of hydrogen-bond acceptors (Lipinski definition) is 5. The molecule has 3 amide bonds. The van der Waals surface area contributed by atoms with Crippen LogP contribution in [0.5, 0.6) is 0 Å². The Morgan fingerprint density at radius 1 is 1.15 bits per heavy atom. The number of nitrogens with one attached hydrogen (secondary N) is 2. The van der Waals surface area contributed by atoms with Crippen molar-refractivity contribution < 1.29 is 23.9 Å². The number of benzene rings is 1. The highest BCUT2D eigenvalue weighted by Crippen LogP contribution is 2.28. The number of rotatable bonds is 5. The largest absolute Gasteiger partial charge is 0.454 e. The predicted octanol–water partition coefficient (Wildman–Crippen LogP) is 1.21. The average molecular weight is 373 g/mol. The molecular weight excluding hydrogens is 350 g/mol. The van der Waals surface area contributed by atoms with Gasteiger partial charge < -0.3 is 15.4 Å². The molecule has 0 radical (unpaired) electrons. The third kappa shape index (κ3) is 4.84. The molecule has 2 aliphatic rings. The van der Waals surface area contributed by atoms with Crippen LogP contribution in [0.2, 0.25) is 0 Å². The zero-order valence-corrected chi connectivity index (χ0v) is 15.0. The molecule has 1 aromatic carbocycles. The summed E-state index contributed by atoms with van der Waals surface area (Å²) in [4.78, 5) is 49.3. The maximum Gasteiger partial charge on any atom is 0.325 e. The summed E-state index contributed by atoms with van der Waals surface area (Å²) in [6, 6.07) is 6.91. The Balaban J connectivity index is 1.47. The lowest BCUT2D eigenvalue weighted by Crippen LogP contribution is -2.44. The van der Waals surface area contributed by atoms with Gasteiger partial charge in [-0.2, -0.15) is 0 Å². The summed E-state index contributed by atoms with van der Waals surface area (Å²) in [5.41, 5.74) is 1.09. The first-order chi connectivity index (χ1) is 13.0. The van der Waals surface area contributed by atoms with E-state index in [1.54, 1.807) is 24.3 Å². The first kappa shape index (κ1) is 18.9. The smallest absolute Gasteiger partial charge is 0.325 e. The second-order valence-electron chi connectivity index (χ2n) is 6.76. The lowest BCUT2D eigenvalue weighted by molar-refractivity contribution is -0.148. The number of nitrogens with zero attached hydrogens (tertiary/aromatic N) is 1. The van der Waals surface area contributed by atoms with Crippen molar-refractivity contribution in [1.29, 1.82) is 0 Å². The molecule has 8 heteroatoms. The number of carbonyl (C=O) groups is 4. The summed E-state index contributed by atoms with van der Waals surface area (Å²) < 4.78 is 4.97. The highest BCUT2D eigenvalue weighted by atomic mass is 16.5. The first-order valence-corrected chi connectivity index (χ1v) is 9.17. The topological polar surface area (TPSA) is 105 Å². The van der Waals surface area contributed by atoms with Crippen molar-refractivity contribution >= 4 is 35.1 Å². The summed E-state index contributed by atoms with van der Waals surface area (Å²) in [5, 5.41) is 5.26. The van der Waals surface area contributed by atoms with Gasteiger partial charge in [0.1, 0.15) is 13.1 Å². The molecule has 8 nitrogen and oxygen atoms in total. The van der Waals surface area contributed by atoms with E-state index in [1.165, 1.54) is 4.90 Å². The SMILES string of the molecule is O=C1CN(C(=O)COC(=O)CNC(=O)C2CCCCC2)c2ccccc2N1. The lowest BCUT2D eigenvalue weighted by Gasteiger charge is -2.28. The lowest BCUT2D eigenvalue weighted by atomic mass is 9.89. The number of esters is 1. The van der Waals surface area contributed by atoms with Crippen LogP contribution >= 0.6 is 0 Å². The zero-order valence-electron chi connectivity index (χ0n) is 15.0. The van der Waals surface area contributed by atoms with Gasteiger partial charge in [0.15, 0.2) is 6.61 Å². The molecule has 1 aromatic rings. The molecule has 27 heavy (non-hydrogen) atoms. The van der Waals surface area contributed by atoms with Crippen LogP contribution in [0.4, 0.5) is 11.4 Å². The van der Waals surface area contributed by atoms with Gasteiger partial charge in [-0.25, -0.2) is 0 Å². The molecule has 1 aliphatic carbocycles. The van der Waals surface area contributed by atoms with Crippen LogP contribution < -0.4 is 15.5 Å². The number of fused-ring (bicyclic) bond motifs is 1.